The Balaban J connectivity index is 3.33. The molecule has 0 aromatic carbocycles. The molecule has 2 unspecified atom stereocenters. The molecule has 0 amide bonds. The fourth-order valence-electron chi connectivity index (χ4n) is 3.10. The first-order chi connectivity index (χ1) is 9.87. The molecule has 2 atom stereocenters. The minimum absolute atomic E-state index is 0.122. The van der Waals surface area contributed by atoms with Crippen LogP contribution in [0.1, 0.15) is 65.7 Å². The molecule has 0 saturated heterocycles. The normalized spacial score (nSPS) is 16.3. The van der Waals surface area contributed by atoms with Gasteiger partial charge in [0.15, 0.2) is 5.75 Å². The van der Waals surface area contributed by atoms with E-state index in [1.165, 1.54) is 0 Å². The molecule has 0 aliphatic rings. The maximum absolute atomic E-state index is 6.71. The van der Waals surface area contributed by atoms with Crippen LogP contribution in [0.5, 0.6) is 5.75 Å². The smallest absolute Gasteiger partial charge is 0.161 e. The summed E-state index contributed by atoms with van der Waals surface area (Å²) < 4.78 is 7.49. The summed E-state index contributed by atoms with van der Waals surface area (Å²) in [6.45, 7) is 15.0. The minimum atomic E-state index is -0.151. The molecule has 21 heavy (non-hydrogen) atoms. The van der Waals surface area contributed by atoms with E-state index in [1.54, 1.807) is 13.3 Å². The van der Waals surface area contributed by atoms with E-state index in [0.717, 1.165) is 31.0 Å². The first-order valence-electron chi connectivity index (χ1n) is 7.99. The maximum Gasteiger partial charge on any atom is 0.161 e. The number of aromatic nitrogens is 2. The number of ether oxygens (including phenoxy) is 1. The lowest BCUT2D eigenvalue weighted by Crippen LogP contribution is -2.53. The molecule has 0 fully saturated rings. The number of rotatable bonds is 8. The second-order valence-corrected chi connectivity index (χ2v) is 6.00. The van der Waals surface area contributed by atoms with E-state index in [9.17, 15) is 0 Å². The Labute approximate surface area is 129 Å². The Morgan fingerprint density at radius 2 is 1.90 bits per heavy atom. The van der Waals surface area contributed by atoms with Gasteiger partial charge < -0.3 is 10.5 Å². The van der Waals surface area contributed by atoms with Crippen molar-refractivity contribution in [1.29, 1.82) is 0 Å². The van der Waals surface area contributed by atoms with Crippen molar-refractivity contribution in [3.63, 3.8) is 0 Å². The molecular weight excluding hydrogens is 264 g/mol. The molecule has 0 radical (unpaired) electrons. The van der Waals surface area contributed by atoms with Gasteiger partial charge in [-0.1, -0.05) is 20.8 Å². The van der Waals surface area contributed by atoms with Crippen molar-refractivity contribution in [2.75, 3.05) is 20.2 Å². The fraction of sp³-hybridized carbons (Fsp3) is 0.812. The molecule has 1 aromatic rings. The van der Waals surface area contributed by atoms with Crippen LogP contribution in [-0.2, 0) is 0 Å². The van der Waals surface area contributed by atoms with E-state index in [1.807, 2.05) is 4.68 Å². The summed E-state index contributed by atoms with van der Waals surface area (Å²) in [5, 5.41) is 4.46. The van der Waals surface area contributed by atoms with E-state index in [0.29, 0.717) is 0 Å². The second-order valence-electron chi connectivity index (χ2n) is 6.00. The highest BCUT2D eigenvalue weighted by molar-refractivity contribution is 5.31. The average Bonchev–Trinajstić information content (AvgIpc) is 2.91. The van der Waals surface area contributed by atoms with Crippen LogP contribution in [0.3, 0.4) is 0 Å². The zero-order chi connectivity index (χ0) is 16.2. The first-order valence-corrected chi connectivity index (χ1v) is 7.99. The summed E-state index contributed by atoms with van der Waals surface area (Å²) in [7, 11) is 1.68. The van der Waals surface area contributed by atoms with Crippen LogP contribution < -0.4 is 10.5 Å². The highest BCUT2D eigenvalue weighted by Gasteiger charge is 2.39. The minimum Gasteiger partial charge on any atom is -0.493 e. The zero-order valence-corrected chi connectivity index (χ0v) is 14.7. The average molecular weight is 296 g/mol. The molecule has 122 valence electrons. The van der Waals surface area contributed by atoms with Gasteiger partial charge in [-0.2, -0.15) is 5.10 Å². The van der Waals surface area contributed by atoms with Crippen molar-refractivity contribution in [2.24, 2.45) is 5.73 Å². The Hall–Kier alpha value is -1.07. The van der Waals surface area contributed by atoms with Crippen LogP contribution >= 0.6 is 0 Å². The summed E-state index contributed by atoms with van der Waals surface area (Å²) in [4.78, 5) is 2.43. The molecule has 2 N–H and O–H groups in total. The van der Waals surface area contributed by atoms with Gasteiger partial charge in [-0.05, 0) is 40.3 Å². The molecule has 0 aliphatic heterocycles. The van der Waals surface area contributed by atoms with Crippen molar-refractivity contribution >= 4 is 0 Å². The Kier molecular flexibility index (Phi) is 6.23. The van der Waals surface area contributed by atoms with Crippen LogP contribution in [0, 0.1) is 0 Å². The van der Waals surface area contributed by atoms with Crippen molar-refractivity contribution in [1.82, 2.24) is 14.7 Å². The molecular formula is C16H32N4O. The third-order valence-corrected chi connectivity index (χ3v) is 4.67. The number of hydrogen-bond acceptors (Lipinski definition) is 4. The van der Waals surface area contributed by atoms with Gasteiger partial charge >= 0.3 is 0 Å². The SMILES string of the molecule is CCN(CC)C(C)(CC)C(N)c1c(OC)cnn1C(C)C. The predicted molar refractivity (Wildman–Crippen MR) is 87.7 cm³/mol. The third-order valence-electron chi connectivity index (χ3n) is 4.67. The largest absolute Gasteiger partial charge is 0.493 e. The maximum atomic E-state index is 6.71. The molecule has 0 aliphatic carbocycles. The molecule has 0 bridgehead atoms. The molecule has 5 heteroatoms. The lowest BCUT2D eigenvalue weighted by Gasteiger charge is -2.44. The Morgan fingerprint density at radius 1 is 1.33 bits per heavy atom. The zero-order valence-electron chi connectivity index (χ0n) is 14.7. The summed E-state index contributed by atoms with van der Waals surface area (Å²) in [6.07, 6.45) is 2.75. The van der Waals surface area contributed by atoms with E-state index in [4.69, 9.17) is 10.5 Å². The number of nitrogens with zero attached hydrogens (tertiary/aromatic N) is 3. The van der Waals surface area contributed by atoms with E-state index in [-0.39, 0.29) is 17.6 Å². The fourth-order valence-corrected chi connectivity index (χ4v) is 3.10. The van der Waals surface area contributed by atoms with Crippen molar-refractivity contribution in [3.05, 3.63) is 11.9 Å². The van der Waals surface area contributed by atoms with Gasteiger partial charge in [0.25, 0.3) is 0 Å². The van der Waals surface area contributed by atoms with E-state index < -0.39 is 0 Å². The van der Waals surface area contributed by atoms with Crippen molar-refractivity contribution < 1.29 is 4.74 Å². The molecule has 0 spiro atoms. The lowest BCUT2D eigenvalue weighted by atomic mass is 9.85. The van der Waals surface area contributed by atoms with Crippen LogP contribution in [0.4, 0.5) is 0 Å². The number of hydrogen-bond donors (Lipinski definition) is 1. The van der Waals surface area contributed by atoms with Crippen molar-refractivity contribution in [2.45, 2.75) is 65.6 Å². The lowest BCUT2D eigenvalue weighted by molar-refractivity contribution is 0.0799. The van der Waals surface area contributed by atoms with Gasteiger partial charge in [-0.3, -0.25) is 9.58 Å². The second kappa shape index (κ2) is 7.27. The van der Waals surface area contributed by atoms with Crippen molar-refractivity contribution in [3.8, 4) is 5.75 Å². The monoisotopic (exact) mass is 296 g/mol. The van der Waals surface area contributed by atoms with E-state index in [2.05, 4.69) is 51.5 Å². The Morgan fingerprint density at radius 3 is 2.29 bits per heavy atom. The number of nitrogens with two attached hydrogens (primary N) is 1. The van der Waals surface area contributed by atoms with Gasteiger partial charge in [-0.25, -0.2) is 0 Å². The number of likely N-dealkylation sites (N-methyl/N-ethyl adjacent to an activating group) is 1. The third kappa shape index (κ3) is 3.24. The van der Waals surface area contributed by atoms with Crippen LogP contribution in [0.25, 0.3) is 0 Å². The molecule has 5 nitrogen and oxygen atoms in total. The van der Waals surface area contributed by atoms with Gasteiger partial charge in [0.05, 0.1) is 25.0 Å². The highest BCUT2D eigenvalue weighted by Crippen LogP contribution is 2.37. The molecule has 1 aromatic heterocycles. The van der Waals surface area contributed by atoms with Gasteiger partial charge in [0.1, 0.15) is 0 Å². The molecule has 1 rings (SSSR count). The quantitative estimate of drug-likeness (QED) is 0.801. The van der Waals surface area contributed by atoms with Crippen LogP contribution in [0.2, 0.25) is 0 Å². The summed E-state index contributed by atoms with van der Waals surface area (Å²) in [5.41, 5.74) is 7.58. The number of methoxy groups -OCH3 is 1. The predicted octanol–water partition coefficient (Wildman–Crippen LogP) is 2.98. The summed E-state index contributed by atoms with van der Waals surface area (Å²) >= 11 is 0. The van der Waals surface area contributed by atoms with Crippen LogP contribution in [0.15, 0.2) is 6.20 Å². The van der Waals surface area contributed by atoms with Gasteiger partial charge in [-0.15, -0.1) is 0 Å². The highest BCUT2D eigenvalue weighted by atomic mass is 16.5. The van der Waals surface area contributed by atoms with E-state index >= 15 is 0 Å². The summed E-state index contributed by atoms with van der Waals surface area (Å²) in [6, 6.07) is 0.106. The topological polar surface area (TPSA) is 56.3 Å². The molecule has 0 saturated carbocycles. The summed E-state index contributed by atoms with van der Waals surface area (Å²) in [5.74, 6) is 0.781. The first kappa shape index (κ1) is 18.0. The van der Waals surface area contributed by atoms with Gasteiger partial charge in [0.2, 0.25) is 0 Å². The van der Waals surface area contributed by atoms with Gasteiger partial charge in [0, 0.05) is 11.6 Å². The molecule has 1 heterocycles. The Bertz CT molecular complexity index is 439. The van der Waals surface area contributed by atoms with Crippen LogP contribution in [-0.4, -0.2) is 40.4 Å². The standard InChI is InChI=1S/C16H32N4O/c1-8-16(6,19(9-2)10-3)15(17)14-13(21-7)11-18-20(14)12(4)5/h11-12,15H,8-10,17H2,1-7H3.